The second-order valence-corrected chi connectivity index (χ2v) is 22.3. The zero-order valence-electron chi connectivity index (χ0n) is 37.7. The topological polar surface area (TPSA) is 34.1 Å². The highest BCUT2D eigenvalue weighted by atomic mass is 32.1. The summed E-state index contributed by atoms with van der Waals surface area (Å²) in [5, 5.41) is 10.3. The molecule has 0 aliphatic rings. The summed E-state index contributed by atoms with van der Waals surface area (Å²) in [5.74, 6) is 1.13. The molecule has 6 heteroatoms. The Labute approximate surface area is 377 Å². The molecule has 0 N–H and O–H groups in total. The van der Waals surface area contributed by atoms with Crippen molar-refractivity contribution in [3.8, 4) is 0 Å². The van der Waals surface area contributed by atoms with Crippen molar-refractivity contribution in [3.05, 3.63) is 54.5 Å². The molecule has 0 aliphatic heterocycles. The lowest BCUT2D eigenvalue weighted by molar-refractivity contribution is 0.490. The fourth-order valence-corrected chi connectivity index (χ4v) is 16.0. The van der Waals surface area contributed by atoms with Gasteiger partial charge in [0.05, 0.1) is 20.2 Å². The molecule has 326 valence electrons. The molecule has 7 rings (SSSR count). The van der Waals surface area contributed by atoms with E-state index in [4.69, 9.17) is 0 Å². The summed E-state index contributed by atoms with van der Waals surface area (Å²) < 4.78 is 7.30. The molecule has 2 nitrogen and oxygen atoms in total. The highest BCUT2D eigenvalue weighted by Crippen LogP contribution is 2.49. The minimum Gasteiger partial charge on any atom is -0.288 e. The van der Waals surface area contributed by atoms with Gasteiger partial charge in [0.2, 0.25) is 0 Å². The zero-order valence-corrected chi connectivity index (χ0v) is 41.0. The van der Waals surface area contributed by atoms with Gasteiger partial charge in [-0.05, 0) is 71.5 Å². The maximum absolute atomic E-state index is 14.5. The first-order chi connectivity index (χ1) is 29.5. The van der Waals surface area contributed by atoms with E-state index in [0.29, 0.717) is 11.8 Å². The molecule has 0 spiro atoms. The quantitative estimate of drug-likeness (QED) is 0.0422. The number of hydrogen-bond donors (Lipinski definition) is 0. The highest BCUT2D eigenvalue weighted by molar-refractivity contribution is 7.33. The summed E-state index contributed by atoms with van der Waals surface area (Å²) >= 11 is 7.29. The van der Waals surface area contributed by atoms with Gasteiger partial charge in [-0.25, -0.2) is 0 Å². The SMILES string of the molecule is CCCCCCCCCC(CCCCCCC)c1csc2c1sc1c3cc4c(=O)c5c6scc(C(CCCCCCC)CCCCCCCCC)c6sc5c4cc3c(=O)c21. The number of rotatable bonds is 30. The Hall–Kier alpha value is -2.12. The van der Waals surface area contributed by atoms with Crippen molar-refractivity contribution in [2.75, 3.05) is 0 Å². The third-order valence-corrected chi connectivity index (χ3v) is 18.8. The number of thiophene rings is 4. The molecular formula is C54H74O2S4. The van der Waals surface area contributed by atoms with Crippen molar-refractivity contribution < 1.29 is 0 Å². The Kier molecular flexibility index (Phi) is 17.6. The summed E-state index contributed by atoms with van der Waals surface area (Å²) in [5.41, 5.74) is 3.32. The monoisotopic (exact) mass is 882 g/mol. The third-order valence-electron chi connectivity index (χ3n) is 14.0. The van der Waals surface area contributed by atoms with Gasteiger partial charge in [-0.3, -0.25) is 9.59 Å². The Morgan fingerprint density at radius 2 is 0.667 bits per heavy atom. The minimum atomic E-state index is 0.170. The number of fused-ring (bicyclic) bond motifs is 10. The van der Waals surface area contributed by atoms with E-state index in [0.717, 1.165) is 41.7 Å². The van der Waals surface area contributed by atoms with Crippen LogP contribution in [-0.4, -0.2) is 0 Å². The molecule has 0 fully saturated rings. The summed E-state index contributed by atoms with van der Waals surface area (Å²) in [7, 11) is 0. The molecule has 3 aromatic carbocycles. The van der Waals surface area contributed by atoms with E-state index in [1.165, 1.54) is 210 Å². The molecule has 4 heterocycles. The van der Waals surface area contributed by atoms with Gasteiger partial charge >= 0.3 is 0 Å². The minimum absolute atomic E-state index is 0.170. The van der Waals surface area contributed by atoms with Crippen LogP contribution in [0.5, 0.6) is 0 Å². The standard InChI is InChI=1S/C54H74O2S4/c1-5-9-13-17-19-23-27-31-37(29-25-21-15-11-7-3)43-35-57-53-45-47(55)39-34-42-40(33-41(39)49(45)59-51(43)53)48(56)46-50(42)60-52-44(36-58-54(46)52)38(30-26-22-16-12-8-4)32-28-24-20-18-14-10-6-2/h33-38H,5-32H2,1-4H3. The maximum atomic E-state index is 14.5. The van der Waals surface area contributed by atoms with Gasteiger partial charge in [-0.15, -0.1) is 45.3 Å². The van der Waals surface area contributed by atoms with Crippen LogP contribution in [0, 0.1) is 0 Å². The van der Waals surface area contributed by atoms with E-state index in [1.54, 1.807) is 22.7 Å². The molecule has 0 saturated heterocycles. The Morgan fingerprint density at radius 1 is 0.367 bits per heavy atom. The van der Waals surface area contributed by atoms with Crippen molar-refractivity contribution in [3.63, 3.8) is 0 Å². The predicted octanol–water partition coefficient (Wildman–Crippen LogP) is 19.6. The fraction of sp³-hybridized carbons (Fsp3) is 0.630. The molecule has 0 saturated carbocycles. The molecule has 0 amide bonds. The Bertz CT molecular complexity index is 2300. The van der Waals surface area contributed by atoms with Crippen molar-refractivity contribution >= 4 is 106 Å². The second-order valence-electron chi connectivity index (χ2n) is 18.5. The fourth-order valence-electron chi connectivity index (χ4n) is 10.4. The average Bonchev–Trinajstić information content (AvgIpc) is 4.09. The van der Waals surface area contributed by atoms with Crippen LogP contribution in [0.1, 0.15) is 230 Å². The van der Waals surface area contributed by atoms with E-state index in [2.05, 4.69) is 50.6 Å². The molecule has 0 bridgehead atoms. The van der Waals surface area contributed by atoms with Crippen molar-refractivity contribution in [2.45, 2.75) is 219 Å². The normalized spacial score (nSPS) is 13.5. The van der Waals surface area contributed by atoms with E-state index in [1.807, 2.05) is 22.7 Å². The first-order valence-electron chi connectivity index (χ1n) is 24.9. The third kappa shape index (κ3) is 10.3. The van der Waals surface area contributed by atoms with Crippen molar-refractivity contribution in [1.82, 2.24) is 0 Å². The lowest BCUT2D eigenvalue weighted by atomic mass is 9.89. The molecule has 0 aliphatic carbocycles. The van der Waals surface area contributed by atoms with Crippen LogP contribution in [-0.2, 0) is 0 Å². The van der Waals surface area contributed by atoms with Gasteiger partial charge in [-0.2, -0.15) is 0 Å². The highest BCUT2D eigenvalue weighted by Gasteiger charge is 2.27. The summed E-state index contributed by atoms with van der Waals surface area (Å²) in [6.45, 7) is 9.19. The van der Waals surface area contributed by atoms with Crippen LogP contribution >= 0.6 is 45.3 Å². The lowest BCUT2D eigenvalue weighted by Gasteiger charge is -2.16. The molecule has 0 radical (unpaired) electrons. The van der Waals surface area contributed by atoms with E-state index in [-0.39, 0.29) is 10.9 Å². The lowest BCUT2D eigenvalue weighted by Crippen LogP contribution is -1.99. The summed E-state index contributed by atoms with van der Waals surface area (Å²) in [6, 6.07) is 4.24. The van der Waals surface area contributed by atoms with Gasteiger partial charge < -0.3 is 0 Å². The first-order valence-corrected chi connectivity index (χ1v) is 28.3. The number of hydrogen-bond acceptors (Lipinski definition) is 6. The first kappa shape index (κ1) is 45.9. The molecule has 2 atom stereocenters. The van der Waals surface area contributed by atoms with Crippen LogP contribution in [0.4, 0.5) is 0 Å². The van der Waals surface area contributed by atoms with Gasteiger partial charge in [0, 0.05) is 40.3 Å². The zero-order chi connectivity index (χ0) is 41.8. The Balaban J connectivity index is 1.18. The summed E-state index contributed by atoms with van der Waals surface area (Å²) in [6.07, 6.45) is 37.0. The second kappa shape index (κ2) is 23.0. The van der Waals surface area contributed by atoms with Crippen LogP contribution < -0.4 is 10.9 Å². The van der Waals surface area contributed by atoms with Crippen LogP contribution in [0.3, 0.4) is 0 Å². The maximum Gasteiger partial charge on any atom is 0.196 e. The largest absolute Gasteiger partial charge is 0.288 e. The number of unbranched alkanes of at least 4 members (excludes halogenated alkanes) is 20. The molecule has 60 heavy (non-hydrogen) atoms. The average molecular weight is 883 g/mol. The Morgan fingerprint density at radius 3 is 0.983 bits per heavy atom. The predicted molar refractivity (Wildman–Crippen MR) is 275 cm³/mol. The van der Waals surface area contributed by atoms with E-state index < -0.39 is 0 Å². The van der Waals surface area contributed by atoms with Crippen LogP contribution in [0.15, 0.2) is 32.5 Å². The van der Waals surface area contributed by atoms with E-state index >= 15 is 0 Å². The van der Waals surface area contributed by atoms with Crippen molar-refractivity contribution in [1.29, 1.82) is 0 Å². The van der Waals surface area contributed by atoms with Gasteiger partial charge in [0.15, 0.2) is 10.9 Å². The van der Waals surface area contributed by atoms with Gasteiger partial charge in [0.1, 0.15) is 0 Å². The van der Waals surface area contributed by atoms with Gasteiger partial charge in [-0.1, -0.05) is 182 Å². The summed E-state index contributed by atoms with van der Waals surface area (Å²) in [4.78, 5) is 29.0. The number of benzene rings is 1. The van der Waals surface area contributed by atoms with Crippen LogP contribution in [0.2, 0.25) is 0 Å². The molecule has 4 aromatic heterocycles. The molecular weight excluding hydrogens is 809 g/mol. The smallest absolute Gasteiger partial charge is 0.196 e. The van der Waals surface area contributed by atoms with E-state index in [9.17, 15) is 9.59 Å². The molecule has 7 aromatic rings. The molecule has 2 unspecified atom stereocenters. The van der Waals surface area contributed by atoms with Crippen molar-refractivity contribution in [2.24, 2.45) is 0 Å². The van der Waals surface area contributed by atoms with Crippen LogP contribution in [0.25, 0.3) is 60.5 Å². The van der Waals surface area contributed by atoms with Gasteiger partial charge in [0.25, 0.3) is 0 Å².